The number of rotatable bonds is 9. The van der Waals surface area contributed by atoms with Gasteiger partial charge in [-0.05, 0) is 40.2 Å². The Morgan fingerprint density at radius 3 is 2.59 bits per heavy atom. The van der Waals surface area contributed by atoms with Gasteiger partial charge < -0.3 is 24.7 Å². The van der Waals surface area contributed by atoms with Gasteiger partial charge in [0.05, 0.1) is 13.2 Å². The molecular formula is C20H15BrF4N2O5. The topological polar surface area (TPSA) is 108 Å². The second kappa shape index (κ2) is 10.1. The van der Waals surface area contributed by atoms with Crippen LogP contribution in [0.1, 0.15) is 22.4 Å². The molecule has 1 unspecified atom stereocenters. The van der Waals surface area contributed by atoms with E-state index >= 15 is 0 Å². The van der Waals surface area contributed by atoms with E-state index in [-0.39, 0.29) is 35.0 Å². The SMILES string of the molecule is NC(=O)c1c(F)ccc(OCC(OCCO)c2nc(-c3ccc(F)cc3F)c(Br)o2)c1F. The molecular weight excluding hydrogens is 504 g/mol. The van der Waals surface area contributed by atoms with Gasteiger partial charge in [0.1, 0.15) is 35.3 Å². The van der Waals surface area contributed by atoms with E-state index < -0.39 is 53.2 Å². The highest BCUT2D eigenvalue weighted by molar-refractivity contribution is 9.10. The van der Waals surface area contributed by atoms with Crippen LogP contribution >= 0.6 is 15.9 Å². The van der Waals surface area contributed by atoms with Crippen LogP contribution in [0.5, 0.6) is 5.75 Å². The molecule has 32 heavy (non-hydrogen) atoms. The summed E-state index contributed by atoms with van der Waals surface area (Å²) in [7, 11) is 0. The molecule has 3 N–H and O–H groups in total. The van der Waals surface area contributed by atoms with Crippen molar-refractivity contribution in [2.45, 2.75) is 6.10 Å². The Bertz CT molecular complexity index is 1140. The van der Waals surface area contributed by atoms with Gasteiger partial charge in [0.25, 0.3) is 5.91 Å². The van der Waals surface area contributed by atoms with Gasteiger partial charge in [-0.15, -0.1) is 0 Å². The number of halogens is 5. The van der Waals surface area contributed by atoms with Gasteiger partial charge in [-0.1, -0.05) is 0 Å². The summed E-state index contributed by atoms with van der Waals surface area (Å²) in [6, 6.07) is 4.63. The molecule has 0 bridgehead atoms. The number of carbonyl (C=O) groups is 1. The lowest BCUT2D eigenvalue weighted by Crippen LogP contribution is -2.19. The normalized spacial score (nSPS) is 12.1. The highest BCUT2D eigenvalue weighted by atomic mass is 79.9. The Balaban J connectivity index is 1.88. The molecule has 3 aromatic rings. The maximum atomic E-state index is 14.4. The van der Waals surface area contributed by atoms with Crippen LogP contribution in [0.25, 0.3) is 11.3 Å². The maximum Gasteiger partial charge on any atom is 0.254 e. The summed E-state index contributed by atoms with van der Waals surface area (Å²) in [5, 5.41) is 9.06. The van der Waals surface area contributed by atoms with E-state index in [9.17, 15) is 22.4 Å². The number of nitrogens with zero attached hydrogens (tertiary/aromatic N) is 1. The molecule has 170 valence electrons. The highest BCUT2D eigenvalue weighted by Crippen LogP contribution is 2.34. The predicted molar refractivity (Wildman–Crippen MR) is 106 cm³/mol. The summed E-state index contributed by atoms with van der Waals surface area (Å²) in [6.45, 7) is -1.01. The van der Waals surface area contributed by atoms with E-state index in [1.54, 1.807) is 0 Å². The minimum atomic E-state index is -1.32. The van der Waals surface area contributed by atoms with Crippen molar-refractivity contribution in [3.05, 3.63) is 69.7 Å². The number of primary amides is 1. The fraction of sp³-hybridized carbons (Fsp3) is 0.200. The van der Waals surface area contributed by atoms with Crippen LogP contribution in [-0.2, 0) is 4.74 Å². The van der Waals surface area contributed by atoms with Crippen molar-refractivity contribution in [1.29, 1.82) is 0 Å². The molecule has 0 fully saturated rings. The van der Waals surface area contributed by atoms with Crippen molar-refractivity contribution in [2.24, 2.45) is 5.73 Å². The van der Waals surface area contributed by atoms with E-state index in [1.165, 1.54) is 0 Å². The smallest absolute Gasteiger partial charge is 0.254 e. The monoisotopic (exact) mass is 518 g/mol. The van der Waals surface area contributed by atoms with Crippen LogP contribution in [-0.4, -0.2) is 35.8 Å². The number of hydrogen-bond donors (Lipinski definition) is 2. The third kappa shape index (κ3) is 5.09. The van der Waals surface area contributed by atoms with Gasteiger partial charge in [0, 0.05) is 11.6 Å². The van der Waals surface area contributed by atoms with Crippen molar-refractivity contribution in [2.75, 3.05) is 19.8 Å². The van der Waals surface area contributed by atoms with E-state index in [4.69, 9.17) is 24.7 Å². The Morgan fingerprint density at radius 2 is 1.94 bits per heavy atom. The second-order valence-electron chi connectivity index (χ2n) is 6.29. The standard InChI is InChI=1S/C20H15BrF4N2O5/c21-18-17(10-2-1-9(22)7-12(10)24)27-20(32-18)14(30-6-5-28)8-31-13-4-3-11(23)15(16(13)25)19(26)29/h1-4,7,14,28H,5-6,8H2,(H2,26,29). The number of aromatic nitrogens is 1. The summed E-state index contributed by atoms with van der Waals surface area (Å²) < 4.78 is 71.5. The molecule has 7 nitrogen and oxygen atoms in total. The molecule has 0 saturated heterocycles. The van der Waals surface area contributed by atoms with E-state index in [1.807, 2.05) is 0 Å². The molecule has 0 aliphatic heterocycles. The number of oxazole rings is 1. The first kappa shape index (κ1) is 23.7. The van der Waals surface area contributed by atoms with Crippen LogP contribution < -0.4 is 10.5 Å². The molecule has 0 saturated carbocycles. The molecule has 1 aromatic heterocycles. The van der Waals surface area contributed by atoms with Crippen LogP contribution in [0.15, 0.2) is 39.4 Å². The average Bonchev–Trinajstić information content (AvgIpc) is 3.10. The summed E-state index contributed by atoms with van der Waals surface area (Å²) in [5.74, 6) is -6.07. The fourth-order valence-electron chi connectivity index (χ4n) is 2.72. The molecule has 0 aliphatic carbocycles. The van der Waals surface area contributed by atoms with Crippen LogP contribution in [0, 0.1) is 23.3 Å². The zero-order valence-electron chi connectivity index (χ0n) is 16.1. The summed E-state index contributed by atoms with van der Waals surface area (Å²) in [4.78, 5) is 15.4. The van der Waals surface area contributed by atoms with Crippen molar-refractivity contribution >= 4 is 21.8 Å². The Morgan fingerprint density at radius 1 is 1.19 bits per heavy atom. The second-order valence-corrected chi connectivity index (χ2v) is 7.01. The molecule has 1 atom stereocenters. The molecule has 12 heteroatoms. The number of ether oxygens (including phenoxy) is 2. The molecule has 0 spiro atoms. The lowest BCUT2D eigenvalue weighted by atomic mass is 10.1. The van der Waals surface area contributed by atoms with E-state index in [0.717, 1.165) is 24.3 Å². The van der Waals surface area contributed by atoms with Gasteiger partial charge in [-0.3, -0.25) is 4.79 Å². The van der Waals surface area contributed by atoms with Crippen LogP contribution in [0.2, 0.25) is 0 Å². The van der Waals surface area contributed by atoms with Crippen molar-refractivity contribution < 1.29 is 41.4 Å². The lowest BCUT2D eigenvalue weighted by Gasteiger charge is -2.16. The van der Waals surface area contributed by atoms with E-state index in [2.05, 4.69) is 20.9 Å². The van der Waals surface area contributed by atoms with Crippen molar-refractivity contribution in [1.82, 2.24) is 4.98 Å². The summed E-state index contributed by atoms with van der Waals surface area (Å²) >= 11 is 3.10. The minimum absolute atomic E-state index is 0.000385. The van der Waals surface area contributed by atoms with Crippen LogP contribution in [0.4, 0.5) is 17.6 Å². The largest absolute Gasteiger partial charge is 0.487 e. The molecule has 1 heterocycles. The number of benzene rings is 2. The van der Waals surface area contributed by atoms with Crippen molar-refractivity contribution in [3.8, 4) is 17.0 Å². The quantitative estimate of drug-likeness (QED) is 0.416. The zero-order chi connectivity index (χ0) is 23.4. The average molecular weight is 519 g/mol. The number of amides is 1. The Hall–Kier alpha value is -2.96. The molecule has 0 radical (unpaired) electrons. The first-order valence-electron chi connectivity index (χ1n) is 8.97. The molecule has 3 rings (SSSR count). The Kier molecular flexibility index (Phi) is 7.48. The molecule has 1 amide bonds. The van der Waals surface area contributed by atoms with Gasteiger partial charge in [-0.2, -0.15) is 0 Å². The fourth-order valence-corrected chi connectivity index (χ4v) is 3.19. The van der Waals surface area contributed by atoms with Crippen molar-refractivity contribution in [3.63, 3.8) is 0 Å². The maximum absolute atomic E-state index is 14.4. The number of hydrogen-bond acceptors (Lipinski definition) is 6. The van der Waals surface area contributed by atoms with E-state index in [0.29, 0.717) is 6.07 Å². The molecule has 0 aliphatic rings. The first-order chi connectivity index (χ1) is 15.2. The Labute approximate surface area is 186 Å². The van der Waals surface area contributed by atoms with Gasteiger partial charge in [0.15, 0.2) is 22.3 Å². The number of carbonyl (C=O) groups excluding carboxylic acids is 1. The highest BCUT2D eigenvalue weighted by Gasteiger charge is 2.26. The third-order valence-electron chi connectivity index (χ3n) is 4.17. The molecule has 2 aromatic carbocycles. The number of nitrogens with two attached hydrogens (primary N) is 1. The van der Waals surface area contributed by atoms with Crippen LogP contribution in [0.3, 0.4) is 0 Å². The van der Waals surface area contributed by atoms with Gasteiger partial charge in [-0.25, -0.2) is 22.5 Å². The predicted octanol–water partition coefficient (Wildman–Crippen LogP) is 3.89. The van der Waals surface area contributed by atoms with Gasteiger partial charge in [0.2, 0.25) is 5.89 Å². The van der Waals surface area contributed by atoms with Gasteiger partial charge >= 0.3 is 0 Å². The lowest BCUT2D eigenvalue weighted by molar-refractivity contribution is -0.0139. The summed E-state index contributed by atoms with van der Waals surface area (Å²) in [6.07, 6.45) is -1.13. The number of aliphatic hydroxyl groups is 1. The zero-order valence-corrected chi connectivity index (χ0v) is 17.7. The number of aliphatic hydroxyl groups excluding tert-OH is 1. The first-order valence-corrected chi connectivity index (χ1v) is 9.77. The summed E-state index contributed by atoms with van der Waals surface area (Å²) in [5.41, 5.74) is 3.95. The minimum Gasteiger partial charge on any atom is -0.487 e. The third-order valence-corrected chi connectivity index (χ3v) is 4.70.